The molecule has 0 saturated heterocycles. The number of aldehydes is 1. The fourth-order valence-electron chi connectivity index (χ4n) is 1.29. The molecule has 17 heavy (non-hydrogen) atoms. The van der Waals surface area contributed by atoms with Crippen LogP contribution in [0.1, 0.15) is 10.4 Å². The Hall–Kier alpha value is -1.87. The first-order valence-corrected chi connectivity index (χ1v) is 5.25. The van der Waals surface area contributed by atoms with Gasteiger partial charge in [-0.1, -0.05) is 11.6 Å². The van der Waals surface area contributed by atoms with Crippen LogP contribution >= 0.6 is 11.6 Å². The van der Waals surface area contributed by atoms with Gasteiger partial charge in [0.25, 0.3) is 0 Å². The minimum absolute atomic E-state index is 0.0497. The number of carbonyl (C=O) groups is 1. The monoisotopic (exact) mass is 250 g/mol. The van der Waals surface area contributed by atoms with Crippen molar-refractivity contribution < 1.29 is 13.9 Å². The molecule has 2 nitrogen and oxygen atoms in total. The van der Waals surface area contributed by atoms with Gasteiger partial charge in [0.15, 0.2) is 0 Å². The zero-order chi connectivity index (χ0) is 12.3. The van der Waals surface area contributed by atoms with Gasteiger partial charge in [-0.25, -0.2) is 4.39 Å². The molecule has 0 radical (unpaired) electrons. The molecule has 0 aliphatic heterocycles. The molecule has 2 aromatic rings. The predicted octanol–water partition coefficient (Wildman–Crippen LogP) is 4.08. The third kappa shape index (κ3) is 2.82. The van der Waals surface area contributed by atoms with E-state index in [1.54, 1.807) is 30.3 Å². The van der Waals surface area contributed by atoms with Crippen LogP contribution in [0.4, 0.5) is 4.39 Å². The Morgan fingerprint density at radius 1 is 1.06 bits per heavy atom. The first kappa shape index (κ1) is 11.6. The van der Waals surface area contributed by atoms with Crippen molar-refractivity contribution in [1.29, 1.82) is 0 Å². The number of carbonyl (C=O) groups excluding carboxylic acids is 1. The summed E-state index contributed by atoms with van der Waals surface area (Å²) >= 11 is 5.55. The molecule has 0 aromatic heterocycles. The van der Waals surface area contributed by atoms with E-state index in [9.17, 15) is 9.18 Å². The molecule has 0 bridgehead atoms. The van der Waals surface area contributed by atoms with Crippen LogP contribution in [0.2, 0.25) is 5.02 Å². The number of hydrogen-bond acceptors (Lipinski definition) is 2. The number of benzene rings is 2. The lowest BCUT2D eigenvalue weighted by Gasteiger charge is -2.06. The minimum atomic E-state index is -0.534. The van der Waals surface area contributed by atoms with E-state index in [0.717, 1.165) is 6.29 Å². The number of halogens is 2. The molecule has 2 aromatic carbocycles. The molecule has 0 N–H and O–H groups in total. The average molecular weight is 251 g/mol. The van der Waals surface area contributed by atoms with E-state index >= 15 is 0 Å². The van der Waals surface area contributed by atoms with Gasteiger partial charge in [-0.05, 0) is 36.4 Å². The summed E-state index contributed by atoms with van der Waals surface area (Å²) in [6.45, 7) is 0. The molecular formula is C13H8ClFO2. The van der Waals surface area contributed by atoms with Crippen LogP contribution in [-0.4, -0.2) is 6.29 Å². The maximum absolute atomic E-state index is 13.1. The lowest BCUT2D eigenvalue weighted by Crippen LogP contribution is -1.86. The van der Waals surface area contributed by atoms with Crippen LogP contribution in [0, 0.1) is 5.82 Å². The van der Waals surface area contributed by atoms with Crippen molar-refractivity contribution >= 4 is 17.9 Å². The standard InChI is InChI=1S/C13H8ClFO2/c14-12-6-5-11(7-13(12)15)17-10-3-1-9(8-16)2-4-10/h1-8H. The summed E-state index contributed by atoms with van der Waals surface area (Å²) < 4.78 is 18.5. The summed E-state index contributed by atoms with van der Waals surface area (Å²) in [5.41, 5.74) is 0.555. The van der Waals surface area contributed by atoms with Gasteiger partial charge < -0.3 is 4.74 Å². The second-order valence-corrected chi connectivity index (χ2v) is 3.77. The Morgan fingerprint density at radius 3 is 2.29 bits per heavy atom. The van der Waals surface area contributed by atoms with Gasteiger partial charge in [-0.2, -0.15) is 0 Å². The highest BCUT2D eigenvalue weighted by Crippen LogP contribution is 2.25. The lowest BCUT2D eigenvalue weighted by molar-refractivity contribution is 0.112. The van der Waals surface area contributed by atoms with E-state index in [4.69, 9.17) is 16.3 Å². The number of hydrogen-bond donors (Lipinski definition) is 0. The quantitative estimate of drug-likeness (QED) is 0.767. The van der Waals surface area contributed by atoms with Gasteiger partial charge >= 0.3 is 0 Å². The first-order valence-electron chi connectivity index (χ1n) is 4.87. The summed E-state index contributed by atoms with van der Waals surface area (Å²) in [6, 6.07) is 10.7. The van der Waals surface area contributed by atoms with Gasteiger partial charge in [0.2, 0.25) is 0 Å². The highest BCUT2D eigenvalue weighted by molar-refractivity contribution is 6.30. The van der Waals surface area contributed by atoms with Crippen LogP contribution in [0.15, 0.2) is 42.5 Å². The Kier molecular flexibility index (Phi) is 3.40. The molecule has 0 saturated carbocycles. The summed E-state index contributed by atoms with van der Waals surface area (Å²) in [4.78, 5) is 10.5. The molecular weight excluding hydrogens is 243 g/mol. The van der Waals surface area contributed by atoms with Crippen molar-refractivity contribution in [1.82, 2.24) is 0 Å². The molecule has 0 heterocycles. The highest BCUT2D eigenvalue weighted by Gasteiger charge is 2.03. The minimum Gasteiger partial charge on any atom is -0.457 e. The molecule has 0 unspecified atom stereocenters. The predicted molar refractivity (Wildman–Crippen MR) is 63.3 cm³/mol. The second-order valence-electron chi connectivity index (χ2n) is 3.36. The molecule has 0 aliphatic rings. The average Bonchev–Trinajstić information content (AvgIpc) is 2.35. The van der Waals surface area contributed by atoms with E-state index in [1.807, 2.05) is 0 Å². The summed E-state index contributed by atoms with van der Waals surface area (Å²) in [5, 5.41) is 0.0497. The van der Waals surface area contributed by atoms with Crippen molar-refractivity contribution in [3.05, 3.63) is 58.9 Å². The lowest BCUT2D eigenvalue weighted by atomic mass is 10.2. The Balaban J connectivity index is 2.19. The maximum atomic E-state index is 13.1. The highest BCUT2D eigenvalue weighted by atomic mass is 35.5. The van der Waals surface area contributed by atoms with Crippen LogP contribution in [0.5, 0.6) is 11.5 Å². The van der Waals surface area contributed by atoms with E-state index in [-0.39, 0.29) is 5.02 Å². The summed E-state index contributed by atoms with van der Waals surface area (Å²) in [6.07, 6.45) is 0.742. The Bertz CT molecular complexity index is 538. The zero-order valence-corrected chi connectivity index (χ0v) is 9.45. The van der Waals surface area contributed by atoms with E-state index in [1.165, 1.54) is 12.1 Å². The molecule has 0 amide bonds. The zero-order valence-electron chi connectivity index (χ0n) is 8.69. The van der Waals surface area contributed by atoms with Crippen molar-refractivity contribution in [3.8, 4) is 11.5 Å². The third-order valence-corrected chi connectivity index (χ3v) is 2.45. The molecule has 4 heteroatoms. The fourth-order valence-corrected chi connectivity index (χ4v) is 1.41. The summed E-state index contributed by atoms with van der Waals surface area (Å²) in [5.74, 6) is 0.344. The first-order chi connectivity index (χ1) is 8.19. The van der Waals surface area contributed by atoms with Crippen molar-refractivity contribution in [2.24, 2.45) is 0 Å². The SMILES string of the molecule is O=Cc1ccc(Oc2ccc(Cl)c(F)c2)cc1. The van der Waals surface area contributed by atoms with Gasteiger partial charge in [0.05, 0.1) is 5.02 Å². The molecule has 0 spiro atoms. The van der Waals surface area contributed by atoms with Crippen molar-refractivity contribution in [2.45, 2.75) is 0 Å². The van der Waals surface area contributed by atoms with Crippen molar-refractivity contribution in [3.63, 3.8) is 0 Å². The van der Waals surface area contributed by atoms with Gasteiger partial charge in [-0.3, -0.25) is 4.79 Å². The van der Waals surface area contributed by atoms with Crippen molar-refractivity contribution in [2.75, 3.05) is 0 Å². The second kappa shape index (κ2) is 4.97. The van der Waals surface area contributed by atoms with Crippen LogP contribution in [0.25, 0.3) is 0 Å². The maximum Gasteiger partial charge on any atom is 0.150 e. The van der Waals surface area contributed by atoms with Gasteiger partial charge in [-0.15, -0.1) is 0 Å². The third-order valence-electron chi connectivity index (χ3n) is 2.14. The number of ether oxygens (including phenoxy) is 1. The van der Waals surface area contributed by atoms with Gasteiger partial charge in [0.1, 0.15) is 23.6 Å². The molecule has 0 atom stereocenters. The largest absolute Gasteiger partial charge is 0.457 e. The molecule has 0 aliphatic carbocycles. The van der Waals surface area contributed by atoms with Gasteiger partial charge in [0, 0.05) is 11.6 Å². The Morgan fingerprint density at radius 2 is 1.71 bits per heavy atom. The smallest absolute Gasteiger partial charge is 0.150 e. The molecule has 86 valence electrons. The normalized spacial score (nSPS) is 10.0. The van der Waals surface area contributed by atoms with Crippen LogP contribution in [-0.2, 0) is 0 Å². The van der Waals surface area contributed by atoms with E-state index in [0.29, 0.717) is 17.1 Å². The molecule has 0 fully saturated rings. The van der Waals surface area contributed by atoms with E-state index < -0.39 is 5.82 Å². The number of rotatable bonds is 3. The van der Waals surface area contributed by atoms with Crippen LogP contribution in [0.3, 0.4) is 0 Å². The van der Waals surface area contributed by atoms with Crippen LogP contribution < -0.4 is 4.74 Å². The molecule has 2 rings (SSSR count). The van der Waals surface area contributed by atoms with E-state index in [2.05, 4.69) is 0 Å². The summed E-state index contributed by atoms with van der Waals surface area (Å²) in [7, 11) is 0. The Labute approximate surface area is 103 Å². The topological polar surface area (TPSA) is 26.3 Å². The fraction of sp³-hybridized carbons (Fsp3) is 0.